The Bertz CT molecular complexity index is 477. The summed E-state index contributed by atoms with van der Waals surface area (Å²) in [6.45, 7) is 0.131. The highest BCUT2D eigenvalue weighted by Crippen LogP contribution is 2.11. The fourth-order valence-electron chi connectivity index (χ4n) is 1.53. The number of rotatable bonds is 6. The van der Waals surface area contributed by atoms with Crippen LogP contribution in [-0.2, 0) is 16.0 Å². The average molecular weight is 271 g/mol. The molecule has 0 heterocycles. The largest absolute Gasteiger partial charge is 0.481 e. The Kier molecular flexibility index (Phi) is 5.41. The zero-order valence-electron chi connectivity index (χ0n) is 10.5. The fraction of sp³-hybridized carbons (Fsp3) is 0.385. The first-order chi connectivity index (χ1) is 8.90. The third kappa shape index (κ3) is 5.03. The molecule has 0 aliphatic heterocycles. The van der Waals surface area contributed by atoms with E-state index in [0.717, 1.165) is 12.1 Å². The van der Waals surface area contributed by atoms with Crippen molar-refractivity contribution in [3.8, 4) is 0 Å². The topological polar surface area (TPSA) is 57.6 Å². The van der Waals surface area contributed by atoms with Crippen molar-refractivity contribution in [2.24, 2.45) is 0 Å². The maximum Gasteiger partial charge on any atom is 0.305 e. The lowest BCUT2D eigenvalue weighted by atomic mass is 10.1. The lowest BCUT2D eigenvalue weighted by Gasteiger charge is -2.15. The van der Waals surface area contributed by atoms with Crippen molar-refractivity contribution in [1.82, 2.24) is 4.90 Å². The molecule has 1 rings (SSSR count). The molecule has 4 nitrogen and oxygen atoms in total. The van der Waals surface area contributed by atoms with Crippen LogP contribution in [0.25, 0.3) is 0 Å². The van der Waals surface area contributed by atoms with Crippen LogP contribution in [0, 0.1) is 11.6 Å². The van der Waals surface area contributed by atoms with Gasteiger partial charge in [-0.2, -0.15) is 0 Å². The van der Waals surface area contributed by atoms with E-state index in [1.807, 2.05) is 0 Å². The quantitative estimate of drug-likeness (QED) is 0.858. The molecule has 0 saturated heterocycles. The molecule has 0 bridgehead atoms. The first-order valence-electron chi connectivity index (χ1n) is 5.80. The highest BCUT2D eigenvalue weighted by Gasteiger charge is 2.11. The minimum atomic E-state index is -0.972. The van der Waals surface area contributed by atoms with E-state index in [2.05, 4.69) is 0 Å². The summed E-state index contributed by atoms with van der Waals surface area (Å²) in [4.78, 5) is 23.3. The summed E-state index contributed by atoms with van der Waals surface area (Å²) in [6.07, 6.45) is 0.294. The Morgan fingerprint density at radius 2 is 1.89 bits per heavy atom. The average Bonchev–Trinajstić information content (AvgIpc) is 2.36. The monoisotopic (exact) mass is 271 g/mol. The van der Waals surface area contributed by atoms with Gasteiger partial charge in [-0.15, -0.1) is 0 Å². The van der Waals surface area contributed by atoms with E-state index in [-0.39, 0.29) is 31.7 Å². The lowest BCUT2D eigenvalue weighted by molar-refractivity contribution is -0.138. The normalized spacial score (nSPS) is 10.3. The highest BCUT2D eigenvalue weighted by atomic mass is 19.2. The van der Waals surface area contributed by atoms with Gasteiger partial charge >= 0.3 is 5.97 Å². The van der Waals surface area contributed by atoms with E-state index >= 15 is 0 Å². The van der Waals surface area contributed by atoms with Gasteiger partial charge in [-0.1, -0.05) is 6.07 Å². The van der Waals surface area contributed by atoms with Gasteiger partial charge < -0.3 is 10.0 Å². The van der Waals surface area contributed by atoms with Gasteiger partial charge in [0, 0.05) is 20.0 Å². The fourth-order valence-corrected chi connectivity index (χ4v) is 1.53. The van der Waals surface area contributed by atoms with E-state index in [1.54, 1.807) is 0 Å². The Balaban J connectivity index is 2.44. The summed E-state index contributed by atoms with van der Waals surface area (Å²) in [7, 11) is 1.51. The van der Waals surface area contributed by atoms with Crippen molar-refractivity contribution in [1.29, 1.82) is 0 Å². The van der Waals surface area contributed by atoms with Crippen molar-refractivity contribution in [2.75, 3.05) is 13.6 Å². The van der Waals surface area contributed by atoms with Crippen LogP contribution in [0.4, 0.5) is 8.78 Å². The van der Waals surface area contributed by atoms with Crippen LogP contribution in [0.3, 0.4) is 0 Å². The number of carboxylic acids is 1. The molecule has 1 N–H and O–H groups in total. The van der Waals surface area contributed by atoms with Crippen molar-refractivity contribution in [3.05, 3.63) is 35.4 Å². The number of amides is 1. The number of aliphatic carboxylic acids is 1. The van der Waals surface area contributed by atoms with Gasteiger partial charge in [0.25, 0.3) is 0 Å². The molecular formula is C13H15F2NO3. The number of hydrogen-bond acceptors (Lipinski definition) is 2. The number of benzene rings is 1. The molecule has 0 saturated carbocycles. The first kappa shape index (κ1) is 15.1. The summed E-state index contributed by atoms with van der Waals surface area (Å²) >= 11 is 0. The third-order valence-corrected chi connectivity index (χ3v) is 2.70. The van der Waals surface area contributed by atoms with Gasteiger partial charge in [0.15, 0.2) is 11.6 Å². The maximum absolute atomic E-state index is 12.9. The molecular weight excluding hydrogens is 256 g/mol. The Morgan fingerprint density at radius 3 is 2.47 bits per heavy atom. The van der Waals surface area contributed by atoms with Crippen molar-refractivity contribution < 1.29 is 23.5 Å². The van der Waals surface area contributed by atoms with Crippen LogP contribution in [0.1, 0.15) is 18.4 Å². The smallest absolute Gasteiger partial charge is 0.305 e. The standard InChI is InChI=1S/C13H15F2NO3/c1-16(7-6-13(18)19)12(17)5-3-9-2-4-10(14)11(15)8-9/h2,4,8H,3,5-7H2,1H3,(H,18,19). The number of halogens is 2. The van der Waals surface area contributed by atoms with Gasteiger partial charge in [0.2, 0.25) is 5.91 Å². The molecule has 104 valence electrons. The van der Waals surface area contributed by atoms with Gasteiger partial charge in [-0.05, 0) is 24.1 Å². The van der Waals surface area contributed by atoms with Gasteiger partial charge in [0.1, 0.15) is 0 Å². The second kappa shape index (κ2) is 6.82. The predicted molar refractivity (Wildman–Crippen MR) is 64.6 cm³/mol. The van der Waals surface area contributed by atoms with Crippen molar-refractivity contribution >= 4 is 11.9 Å². The van der Waals surface area contributed by atoms with E-state index in [4.69, 9.17) is 5.11 Å². The SMILES string of the molecule is CN(CCC(=O)O)C(=O)CCc1ccc(F)c(F)c1. The summed E-state index contributed by atoms with van der Waals surface area (Å²) in [5.41, 5.74) is 0.527. The molecule has 0 aromatic heterocycles. The van der Waals surface area contributed by atoms with Gasteiger partial charge in [-0.3, -0.25) is 9.59 Å². The number of carbonyl (C=O) groups excluding carboxylic acids is 1. The molecule has 1 aromatic rings. The Morgan fingerprint density at radius 1 is 1.21 bits per heavy atom. The number of hydrogen-bond donors (Lipinski definition) is 1. The second-order valence-electron chi connectivity index (χ2n) is 4.21. The Hall–Kier alpha value is -1.98. The molecule has 0 radical (unpaired) electrons. The van der Waals surface area contributed by atoms with E-state index in [0.29, 0.717) is 5.56 Å². The van der Waals surface area contributed by atoms with Gasteiger partial charge in [-0.25, -0.2) is 8.78 Å². The molecule has 19 heavy (non-hydrogen) atoms. The molecule has 0 fully saturated rings. The number of aryl methyl sites for hydroxylation is 1. The van der Waals surface area contributed by atoms with Crippen LogP contribution in [0.2, 0.25) is 0 Å². The molecule has 0 aliphatic rings. The van der Waals surface area contributed by atoms with Crippen molar-refractivity contribution in [2.45, 2.75) is 19.3 Å². The van der Waals surface area contributed by atoms with Crippen LogP contribution < -0.4 is 0 Å². The van der Waals surface area contributed by atoms with Crippen LogP contribution in [0.15, 0.2) is 18.2 Å². The summed E-state index contributed by atoms with van der Waals surface area (Å²) in [5.74, 6) is -3.07. The molecule has 1 aromatic carbocycles. The van der Waals surface area contributed by atoms with Crippen molar-refractivity contribution in [3.63, 3.8) is 0 Å². The molecule has 0 atom stereocenters. The summed E-state index contributed by atoms with van der Waals surface area (Å²) < 4.78 is 25.6. The van der Waals surface area contributed by atoms with E-state index in [1.165, 1.54) is 18.0 Å². The second-order valence-corrected chi connectivity index (χ2v) is 4.21. The van der Waals surface area contributed by atoms with Crippen LogP contribution >= 0.6 is 0 Å². The van der Waals surface area contributed by atoms with E-state index in [9.17, 15) is 18.4 Å². The Labute approximate surface area is 109 Å². The van der Waals surface area contributed by atoms with Crippen LogP contribution in [0.5, 0.6) is 0 Å². The molecule has 6 heteroatoms. The van der Waals surface area contributed by atoms with Gasteiger partial charge in [0.05, 0.1) is 6.42 Å². The third-order valence-electron chi connectivity index (χ3n) is 2.70. The summed E-state index contributed by atoms with van der Waals surface area (Å²) in [6, 6.07) is 3.49. The number of carbonyl (C=O) groups is 2. The zero-order valence-corrected chi connectivity index (χ0v) is 10.5. The molecule has 0 spiro atoms. The molecule has 1 amide bonds. The minimum Gasteiger partial charge on any atom is -0.481 e. The van der Waals surface area contributed by atoms with E-state index < -0.39 is 17.6 Å². The number of nitrogens with zero attached hydrogens (tertiary/aromatic N) is 1. The zero-order chi connectivity index (χ0) is 14.4. The number of carboxylic acid groups (broad SMARTS) is 1. The predicted octanol–water partition coefficient (Wildman–Crippen LogP) is 1.83. The lowest BCUT2D eigenvalue weighted by Crippen LogP contribution is -2.29. The molecule has 0 unspecified atom stereocenters. The minimum absolute atomic E-state index is 0.118. The molecule has 0 aliphatic carbocycles. The maximum atomic E-state index is 12.9. The highest BCUT2D eigenvalue weighted by molar-refractivity contribution is 5.77. The first-order valence-corrected chi connectivity index (χ1v) is 5.80. The summed E-state index contributed by atoms with van der Waals surface area (Å²) in [5, 5.41) is 8.49. The van der Waals surface area contributed by atoms with Crippen LogP contribution in [-0.4, -0.2) is 35.5 Å².